The molecule has 0 saturated heterocycles. The molecule has 0 radical (unpaired) electrons. The molecule has 0 saturated carbocycles. The number of rotatable bonds is 6. The molecule has 2 aromatic heterocycles. The van der Waals surface area contributed by atoms with Gasteiger partial charge in [-0.2, -0.15) is 0 Å². The van der Waals surface area contributed by atoms with Gasteiger partial charge in [0.2, 0.25) is 5.91 Å². The van der Waals surface area contributed by atoms with Crippen LogP contribution in [0.1, 0.15) is 16.8 Å². The number of nitrogens with zero attached hydrogens (tertiary/aromatic N) is 2. The van der Waals surface area contributed by atoms with Gasteiger partial charge in [-0.3, -0.25) is 4.79 Å². The van der Waals surface area contributed by atoms with Gasteiger partial charge < -0.3 is 10.6 Å². The molecule has 3 rings (SSSR count). The molecule has 0 aliphatic carbocycles. The first kappa shape index (κ1) is 17.4. The van der Waals surface area contributed by atoms with Crippen LogP contribution in [0.25, 0.3) is 0 Å². The van der Waals surface area contributed by atoms with Gasteiger partial charge in [0, 0.05) is 18.1 Å². The Kier molecular flexibility index (Phi) is 5.63. The number of thiazole rings is 1. The zero-order chi connectivity index (χ0) is 17.6. The van der Waals surface area contributed by atoms with Gasteiger partial charge in [-0.1, -0.05) is 41.4 Å². The molecule has 2 N–H and O–H groups in total. The van der Waals surface area contributed by atoms with Crippen LogP contribution in [0, 0.1) is 6.92 Å². The van der Waals surface area contributed by atoms with Crippen molar-refractivity contribution >= 4 is 39.8 Å². The molecular formula is C18H17ClN4OS. The molecule has 3 aromatic rings. The number of hydrogen-bond acceptors (Lipinski definition) is 5. The number of aryl methyl sites for hydroxylation is 1. The zero-order valence-electron chi connectivity index (χ0n) is 13.6. The Morgan fingerprint density at radius 3 is 2.72 bits per heavy atom. The molecule has 0 bridgehead atoms. The highest BCUT2D eigenvalue weighted by Gasteiger charge is 2.08. The van der Waals surface area contributed by atoms with Crippen LogP contribution < -0.4 is 10.6 Å². The normalized spacial score (nSPS) is 10.5. The van der Waals surface area contributed by atoms with Crippen LogP contribution >= 0.6 is 22.9 Å². The Bertz CT molecular complexity index is 846. The summed E-state index contributed by atoms with van der Waals surface area (Å²) in [5, 5.41) is 9.14. The third-order valence-corrected chi connectivity index (χ3v) is 4.50. The fourth-order valence-electron chi connectivity index (χ4n) is 2.14. The number of halogens is 1. The monoisotopic (exact) mass is 372 g/mol. The number of benzene rings is 1. The summed E-state index contributed by atoms with van der Waals surface area (Å²) in [5.74, 6) is 0.608. The van der Waals surface area contributed by atoms with Crippen molar-refractivity contribution in [3.05, 3.63) is 69.8 Å². The van der Waals surface area contributed by atoms with E-state index in [0.717, 1.165) is 11.3 Å². The van der Waals surface area contributed by atoms with Gasteiger partial charge in [0.05, 0.1) is 17.1 Å². The molecule has 0 fully saturated rings. The third-order valence-electron chi connectivity index (χ3n) is 3.47. The number of pyridine rings is 1. The number of nitrogens with one attached hydrogen (secondary N) is 2. The van der Waals surface area contributed by atoms with Crippen LogP contribution in [0.15, 0.2) is 48.0 Å². The number of hydrogen-bond donors (Lipinski definition) is 2. The highest BCUT2D eigenvalue weighted by molar-refractivity contribution is 7.13. The maximum absolute atomic E-state index is 12.1. The van der Waals surface area contributed by atoms with Gasteiger partial charge in [0.1, 0.15) is 5.82 Å². The van der Waals surface area contributed by atoms with Crippen molar-refractivity contribution in [1.82, 2.24) is 15.3 Å². The quantitative estimate of drug-likeness (QED) is 0.683. The summed E-state index contributed by atoms with van der Waals surface area (Å²) in [5.41, 5.74) is 3.00. The third kappa shape index (κ3) is 5.27. The first-order chi connectivity index (χ1) is 12.1. The second-order valence-electron chi connectivity index (χ2n) is 5.57. The Hall–Kier alpha value is -2.44. The molecule has 25 heavy (non-hydrogen) atoms. The largest absolute Gasteiger partial charge is 0.352 e. The van der Waals surface area contributed by atoms with E-state index in [9.17, 15) is 4.79 Å². The Balaban J connectivity index is 1.51. The molecule has 1 aromatic carbocycles. The fraction of sp³-hybridized carbons (Fsp3) is 0.167. The van der Waals surface area contributed by atoms with Crippen molar-refractivity contribution in [2.24, 2.45) is 0 Å². The van der Waals surface area contributed by atoms with Gasteiger partial charge in [-0.15, -0.1) is 11.3 Å². The van der Waals surface area contributed by atoms with Crippen molar-refractivity contribution in [3.8, 4) is 0 Å². The maximum Gasteiger partial charge on any atom is 0.226 e. The summed E-state index contributed by atoms with van der Waals surface area (Å²) in [7, 11) is 0. The molecule has 7 heteroatoms. The Labute approximate surface area is 155 Å². The van der Waals surface area contributed by atoms with Crippen LogP contribution in [0.2, 0.25) is 5.02 Å². The van der Waals surface area contributed by atoms with E-state index in [4.69, 9.17) is 11.6 Å². The molecule has 5 nitrogen and oxygen atoms in total. The second-order valence-corrected chi connectivity index (χ2v) is 6.86. The van der Waals surface area contributed by atoms with Crippen LogP contribution in [0.4, 0.5) is 10.9 Å². The number of carbonyl (C=O) groups is 1. The van der Waals surface area contributed by atoms with E-state index in [1.54, 1.807) is 18.3 Å². The van der Waals surface area contributed by atoms with E-state index < -0.39 is 0 Å². The summed E-state index contributed by atoms with van der Waals surface area (Å²) in [6.45, 7) is 2.55. The van der Waals surface area contributed by atoms with Gasteiger partial charge in [-0.25, -0.2) is 9.97 Å². The lowest BCUT2D eigenvalue weighted by Crippen LogP contribution is -2.24. The molecule has 0 aliphatic heterocycles. The Morgan fingerprint density at radius 1 is 1.20 bits per heavy atom. The fourth-order valence-corrected chi connectivity index (χ4v) is 2.97. The summed E-state index contributed by atoms with van der Waals surface area (Å²) < 4.78 is 0. The molecule has 0 atom stereocenters. The SMILES string of the molecule is Cc1ccc(CNC(=O)Cc2csc(Nc3ccc(Cl)cn3)n2)cc1. The summed E-state index contributed by atoms with van der Waals surface area (Å²) in [6.07, 6.45) is 1.81. The van der Waals surface area contributed by atoms with Crippen LogP contribution in [-0.2, 0) is 17.8 Å². The van der Waals surface area contributed by atoms with E-state index in [2.05, 4.69) is 20.6 Å². The van der Waals surface area contributed by atoms with E-state index in [1.807, 2.05) is 36.6 Å². The second kappa shape index (κ2) is 8.09. The Morgan fingerprint density at radius 2 is 2.00 bits per heavy atom. The van der Waals surface area contributed by atoms with Gasteiger partial charge in [-0.05, 0) is 24.6 Å². The number of anilines is 2. The molecule has 2 heterocycles. The predicted octanol–water partition coefficient (Wildman–Crippen LogP) is 4.10. The first-order valence-corrected chi connectivity index (χ1v) is 8.99. The molecular weight excluding hydrogens is 356 g/mol. The lowest BCUT2D eigenvalue weighted by Gasteiger charge is -2.05. The van der Waals surface area contributed by atoms with Crippen molar-refractivity contribution in [1.29, 1.82) is 0 Å². The molecule has 1 amide bonds. The van der Waals surface area contributed by atoms with Crippen LogP contribution in [0.3, 0.4) is 0 Å². The summed E-state index contributed by atoms with van der Waals surface area (Å²) in [4.78, 5) is 20.6. The van der Waals surface area contributed by atoms with Crippen molar-refractivity contribution in [3.63, 3.8) is 0 Å². The summed E-state index contributed by atoms with van der Waals surface area (Å²) in [6, 6.07) is 11.6. The van der Waals surface area contributed by atoms with Crippen molar-refractivity contribution in [2.45, 2.75) is 19.9 Å². The minimum Gasteiger partial charge on any atom is -0.352 e. The summed E-state index contributed by atoms with van der Waals surface area (Å²) >= 11 is 7.24. The predicted molar refractivity (Wildman–Crippen MR) is 101 cm³/mol. The smallest absolute Gasteiger partial charge is 0.226 e. The number of aromatic nitrogens is 2. The van der Waals surface area contributed by atoms with Gasteiger partial charge in [0.25, 0.3) is 0 Å². The van der Waals surface area contributed by atoms with Crippen molar-refractivity contribution < 1.29 is 4.79 Å². The highest BCUT2D eigenvalue weighted by atomic mass is 35.5. The van der Waals surface area contributed by atoms with E-state index in [-0.39, 0.29) is 12.3 Å². The average Bonchev–Trinajstić information content (AvgIpc) is 3.03. The van der Waals surface area contributed by atoms with E-state index >= 15 is 0 Å². The average molecular weight is 373 g/mol. The lowest BCUT2D eigenvalue weighted by molar-refractivity contribution is -0.120. The van der Waals surface area contributed by atoms with Crippen molar-refractivity contribution in [2.75, 3.05) is 5.32 Å². The van der Waals surface area contributed by atoms with Gasteiger partial charge >= 0.3 is 0 Å². The topological polar surface area (TPSA) is 66.9 Å². The zero-order valence-corrected chi connectivity index (χ0v) is 15.2. The van der Waals surface area contributed by atoms with Crippen LogP contribution in [0.5, 0.6) is 0 Å². The molecule has 128 valence electrons. The maximum atomic E-state index is 12.1. The minimum atomic E-state index is -0.0537. The highest BCUT2D eigenvalue weighted by Crippen LogP contribution is 2.20. The van der Waals surface area contributed by atoms with Crippen LogP contribution in [-0.4, -0.2) is 15.9 Å². The standard InChI is InChI=1S/C18H17ClN4OS/c1-12-2-4-13(5-3-12)9-21-17(24)8-15-11-25-18(22-15)23-16-7-6-14(19)10-20-16/h2-7,10-11H,8-9H2,1H3,(H,21,24)(H,20,22,23). The minimum absolute atomic E-state index is 0.0537. The lowest BCUT2D eigenvalue weighted by atomic mass is 10.1. The first-order valence-electron chi connectivity index (χ1n) is 7.74. The molecule has 0 unspecified atom stereocenters. The number of carbonyl (C=O) groups excluding carboxylic acids is 1. The van der Waals surface area contributed by atoms with Gasteiger partial charge in [0.15, 0.2) is 5.13 Å². The molecule has 0 aliphatic rings. The molecule has 0 spiro atoms. The van der Waals surface area contributed by atoms with E-state index in [1.165, 1.54) is 16.9 Å². The van der Waals surface area contributed by atoms with E-state index in [0.29, 0.717) is 22.5 Å². The number of amides is 1.